The molecular weight excluding hydrogens is 505 g/mol. The molecule has 0 radical (unpaired) electrons. The third-order valence-corrected chi connectivity index (χ3v) is 5.35. The lowest BCUT2D eigenvalue weighted by molar-refractivity contribution is 0.0927. The van der Waals surface area contributed by atoms with Gasteiger partial charge in [-0.15, -0.1) is 0 Å². The topological polar surface area (TPSA) is 105 Å². The van der Waals surface area contributed by atoms with Gasteiger partial charge >= 0.3 is 12.2 Å². The molecule has 1 aliphatic rings. The number of carbonyl (C=O) groups is 2. The number of hydrogen-bond acceptors (Lipinski definition) is 7. The van der Waals surface area contributed by atoms with Gasteiger partial charge in [0.2, 0.25) is 5.84 Å². The summed E-state index contributed by atoms with van der Waals surface area (Å²) in [5, 5.41) is 3.46. The van der Waals surface area contributed by atoms with E-state index in [0.717, 1.165) is 5.56 Å². The van der Waals surface area contributed by atoms with Crippen LogP contribution in [0, 0.1) is 0 Å². The van der Waals surface area contributed by atoms with Crippen LogP contribution in [0.2, 0.25) is 10.0 Å². The number of ether oxygens (including phenoxy) is 1. The molecule has 0 fully saturated rings. The van der Waals surface area contributed by atoms with Crippen LogP contribution in [0.25, 0.3) is 0 Å². The molecule has 3 aromatic rings. The number of anilines is 1. The maximum absolute atomic E-state index is 12.4. The Hall–Kier alpha value is -4.08. The summed E-state index contributed by atoms with van der Waals surface area (Å²) in [4.78, 5) is 40.5. The van der Waals surface area contributed by atoms with Crippen molar-refractivity contribution in [2.75, 3.05) is 19.4 Å². The SMILES string of the molecule is CN(C)C(=O)OC1N=C(c2ccccc2)c2cc(Cl)ccc2N=C1NOC(=O)Nc1cccc(Cl)c1. The first-order valence-corrected chi connectivity index (χ1v) is 11.4. The zero-order valence-corrected chi connectivity index (χ0v) is 20.7. The molecule has 2 N–H and O–H groups in total. The van der Waals surface area contributed by atoms with Gasteiger partial charge in [0.25, 0.3) is 6.23 Å². The van der Waals surface area contributed by atoms with Crippen molar-refractivity contribution in [1.29, 1.82) is 0 Å². The van der Waals surface area contributed by atoms with Crippen molar-refractivity contribution in [2.45, 2.75) is 6.23 Å². The second kappa shape index (κ2) is 11.1. The molecule has 0 saturated heterocycles. The minimum Gasteiger partial charge on any atom is -0.416 e. The van der Waals surface area contributed by atoms with Crippen LogP contribution in [0.15, 0.2) is 82.8 Å². The number of rotatable bonds is 3. The highest BCUT2D eigenvalue weighted by molar-refractivity contribution is 6.32. The van der Waals surface area contributed by atoms with Crippen LogP contribution >= 0.6 is 23.2 Å². The molecule has 1 heterocycles. The minimum atomic E-state index is -1.26. The Bertz CT molecular complexity index is 1350. The van der Waals surface area contributed by atoms with E-state index in [4.69, 9.17) is 32.8 Å². The van der Waals surface area contributed by atoms with Gasteiger partial charge in [-0.3, -0.25) is 5.32 Å². The molecule has 1 aliphatic heterocycles. The highest BCUT2D eigenvalue weighted by Gasteiger charge is 2.28. The predicted octanol–water partition coefficient (Wildman–Crippen LogP) is 5.65. The smallest absolute Gasteiger partial charge is 0.416 e. The quantitative estimate of drug-likeness (QED) is 0.429. The van der Waals surface area contributed by atoms with Gasteiger partial charge in [0.1, 0.15) is 0 Å². The van der Waals surface area contributed by atoms with E-state index in [0.29, 0.717) is 32.7 Å². The van der Waals surface area contributed by atoms with Gasteiger partial charge in [-0.05, 0) is 36.4 Å². The average Bonchev–Trinajstić information content (AvgIpc) is 3.00. The normalized spacial score (nSPS) is 14.4. The molecule has 1 unspecified atom stereocenters. The highest BCUT2D eigenvalue weighted by atomic mass is 35.5. The molecule has 0 aromatic heterocycles. The highest BCUT2D eigenvalue weighted by Crippen LogP contribution is 2.30. The Balaban J connectivity index is 1.68. The molecule has 0 bridgehead atoms. The van der Waals surface area contributed by atoms with Crippen LogP contribution in [0.3, 0.4) is 0 Å². The molecule has 11 heteroatoms. The Morgan fingerprint density at radius 1 is 0.944 bits per heavy atom. The lowest BCUT2D eigenvalue weighted by Crippen LogP contribution is -2.40. The zero-order chi connectivity index (χ0) is 25.7. The molecule has 0 spiro atoms. The number of halogens is 2. The van der Waals surface area contributed by atoms with Crippen molar-refractivity contribution in [3.05, 3.63) is 94.0 Å². The van der Waals surface area contributed by atoms with E-state index in [-0.39, 0.29) is 5.84 Å². The number of aliphatic imine (C=N–C) groups is 2. The number of amidine groups is 1. The van der Waals surface area contributed by atoms with Crippen molar-refractivity contribution in [3.63, 3.8) is 0 Å². The van der Waals surface area contributed by atoms with Gasteiger partial charge < -0.3 is 14.5 Å². The number of benzene rings is 3. The summed E-state index contributed by atoms with van der Waals surface area (Å²) < 4.78 is 5.57. The molecule has 4 rings (SSSR count). The van der Waals surface area contributed by atoms with Gasteiger partial charge in [-0.2, -0.15) is 5.48 Å². The van der Waals surface area contributed by atoms with Crippen LogP contribution in [0.4, 0.5) is 21.0 Å². The Labute approximate surface area is 217 Å². The fraction of sp³-hybridized carbons (Fsp3) is 0.120. The summed E-state index contributed by atoms with van der Waals surface area (Å²) >= 11 is 12.2. The minimum absolute atomic E-state index is 0.0269. The van der Waals surface area contributed by atoms with Gasteiger partial charge in [0, 0.05) is 41.0 Å². The van der Waals surface area contributed by atoms with E-state index in [2.05, 4.69) is 20.8 Å². The fourth-order valence-electron chi connectivity index (χ4n) is 3.22. The zero-order valence-electron chi connectivity index (χ0n) is 19.2. The van der Waals surface area contributed by atoms with Gasteiger partial charge in [-0.25, -0.2) is 19.6 Å². The van der Waals surface area contributed by atoms with E-state index in [1.165, 1.54) is 19.0 Å². The number of carbonyl (C=O) groups excluding carboxylic acids is 2. The molecule has 184 valence electrons. The summed E-state index contributed by atoms with van der Waals surface area (Å²) in [5.41, 5.74) is 5.25. The molecule has 36 heavy (non-hydrogen) atoms. The summed E-state index contributed by atoms with van der Waals surface area (Å²) in [6.45, 7) is 0. The third-order valence-electron chi connectivity index (χ3n) is 4.88. The molecule has 1 atom stereocenters. The number of hydrogen-bond donors (Lipinski definition) is 2. The molecule has 0 aliphatic carbocycles. The average molecular weight is 526 g/mol. The maximum atomic E-state index is 12.4. The van der Waals surface area contributed by atoms with Crippen molar-refractivity contribution in [3.8, 4) is 0 Å². The number of nitrogens with one attached hydrogen (secondary N) is 2. The molecule has 3 aromatic carbocycles. The largest absolute Gasteiger partial charge is 0.435 e. The van der Waals surface area contributed by atoms with Crippen molar-refractivity contribution < 1.29 is 19.2 Å². The van der Waals surface area contributed by atoms with Crippen molar-refractivity contribution in [2.24, 2.45) is 9.98 Å². The summed E-state index contributed by atoms with van der Waals surface area (Å²) in [5.74, 6) is -0.0269. The standard InChI is InChI=1S/C25H21Cl2N5O4/c1-32(2)25(34)35-23-22(31-36-24(33)28-18-10-6-9-16(26)13-18)29-20-12-11-17(27)14-19(20)21(30-23)15-7-4-3-5-8-15/h3-14,23H,1-2H3,(H,28,33)(H,29,31). The van der Waals surface area contributed by atoms with Crippen LogP contribution in [0.1, 0.15) is 11.1 Å². The number of amides is 2. The van der Waals surface area contributed by atoms with Crippen molar-refractivity contribution in [1.82, 2.24) is 10.4 Å². The first-order chi connectivity index (χ1) is 17.3. The Kier molecular flexibility index (Phi) is 7.72. The van der Waals surface area contributed by atoms with E-state index >= 15 is 0 Å². The van der Waals surface area contributed by atoms with E-state index < -0.39 is 18.4 Å². The summed E-state index contributed by atoms with van der Waals surface area (Å²) in [7, 11) is 3.07. The first-order valence-electron chi connectivity index (χ1n) is 10.7. The van der Waals surface area contributed by atoms with Gasteiger partial charge in [0.15, 0.2) is 0 Å². The Morgan fingerprint density at radius 3 is 2.42 bits per heavy atom. The third kappa shape index (κ3) is 6.12. The predicted molar refractivity (Wildman–Crippen MR) is 139 cm³/mol. The van der Waals surface area contributed by atoms with Crippen LogP contribution < -0.4 is 10.8 Å². The molecule has 9 nitrogen and oxygen atoms in total. The van der Waals surface area contributed by atoms with E-state index in [9.17, 15) is 9.59 Å². The summed E-state index contributed by atoms with van der Waals surface area (Å²) in [6, 6.07) is 21.0. The lowest BCUT2D eigenvalue weighted by Gasteiger charge is -2.19. The van der Waals surface area contributed by atoms with Gasteiger partial charge in [-0.1, -0.05) is 59.6 Å². The van der Waals surface area contributed by atoms with Crippen LogP contribution in [-0.4, -0.2) is 49.0 Å². The monoisotopic (exact) mass is 525 g/mol. The van der Waals surface area contributed by atoms with E-state index in [1.807, 2.05) is 30.3 Å². The van der Waals surface area contributed by atoms with Crippen LogP contribution in [0.5, 0.6) is 0 Å². The molecular formula is C25H21Cl2N5O4. The molecule has 2 amide bonds. The van der Waals surface area contributed by atoms with Crippen molar-refractivity contribution >= 4 is 58.3 Å². The van der Waals surface area contributed by atoms with Gasteiger partial charge in [0.05, 0.1) is 11.4 Å². The number of fused-ring (bicyclic) bond motifs is 1. The maximum Gasteiger partial charge on any atom is 0.435 e. The van der Waals surface area contributed by atoms with E-state index in [1.54, 1.807) is 42.5 Å². The fourth-order valence-corrected chi connectivity index (χ4v) is 3.58. The number of hydroxylamine groups is 1. The lowest BCUT2D eigenvalue weighted by atomic mass is 10.0. The summed E-state index contributed by atoms with van der Waals surface area (Å²) in [6.07, 6.45) is -2.77. The van der Waals surface area contributed by atoms with Crippen LogP contribution in [-0.2, 0) is 9.57 Å². The molecule has 0 saturated carbocycles. The second-order valence-corrected chi connectivity index (χ2v) is 8.63. The first kappa shape index (κ1) is 25.0. The number of nitrogens with zero attached hydrogens (tertiary/aromatic N) is 3. The second-order valence-electron chi connectivity index (χ2n) is 7.76. The Morgan fingerprint density at radius 2 is 1.69 bits per heavy atom.